The van der Waals surface area contributed by atoms with Crippen LogP contribution in [0, 0.1) is 5.82 Å². The summed E-state index contributed by atoms with van der Waals surface area (Å²) in [5.41, 5.74) is 1.17. The van der Waals surface area contributed by atoms with Crippen molar-refractivity contribution < 1.29 is 4.39 Å². The number of benzene rings is 1. The third kappa shape index (κ3) is 5.29. The molecule has 0 spiro atoms. The molecule has 0 atom stereocenters. The first kappa shape index (κ1) is 14.5. The summed E-state index contributed by atoms with van der Waals surface area (Å²) in [5, 5.41) is 3.63. The van der Waals surface area contributed by atoms with Crippen LogP contribution < -0.4 is 5.32 Å². The van der Waals surface area contributed by atoms with Gasteiger partial charge in [-0.1, -0.05) is 25.0 Å². The molecular weight excluding hydrogens is 239 g/mol. The highest BCUT2D eigenvalue weighted by molar-refractivity contribution is 5.15. The zero-order valence-corrected chi connectivity index (χ0v) is 11.9. The standard InChI is InChI=1S/C16H25FN2/c1-19(13-14-7-9-15(17)10-8-14)12-4-11-18-16-5-2-3-6-16/h7-10,16,18H,2-6,11-13H2,1H3. The van der Waals surface area contributed by atoms with Crippen LogP contribution in [0.1, 0.15) is 37.7 Å². The maximum absolute atomic E-state index is 12.8. The van der Waals surface area contributed by atoms with Gasteiger partial charge in [0.2, 0.25) is 0 Å². The fourth-order valence-electron chi connectivity index (χ4n) is 2.77. The van der Waals surface area contributed by atoms with Crippen molar-refractivity contribution in [2.24, 2.45) is 0 Å². The molecule has 0 amide bonds. The summed E-state index contributed by atoms with van der Waals surface area (Å²) < 4.78 is 12.8. The van der Waals surface area contributed by atoms with Gasteiger partial charge < -0.3 is 10.2 Å². The van der Waals surface area contributed by atoms with Crippen LogP contribution >= 0.6 is 0 Å². The lowest BCUT2D eigenvalue weighted by molar-refractivity contribution is 0.316. The molecule has 1 aliphatic carbocycles. The van der Waals surface area contributed by atoms with Gasteiger partial charge in [-0.2, -0.15) is 0 Å². The normalized spacial score (nSPS) is 16.4. The first-order chi connectivity index (χ1) is 9.24. The molecule has 106 valence electrons. The third-order valence-corrected chi connectivity index (χ3v) is 3.87. The van der Waals surface area contributed by atoms with Gasteiger partial charge in [-0.05, 0) is 57.1 Å². The molecule has 19 heavy (non-hydrogen) atoms. The van der Waals surface area contributed by atoms with Crippen LogP contribution in [0.4, 0.5) is 4.39 Å². The van der Waals surface area contributed by atoms with Crippen LogP contribution in [0.2, 0.25) is 0 Å². The molecule has 0 unspecified atom stereocenters. The molecule has 2 nitrogen and oxygen atoms in total. The van der Waals surface area contributed by atoms with E-state index in [0.717, 1.165) is 25.7 Å². The second-order valence-electron chi connectivity index (χ2n) is 5.65. The summed E-state index contributed by atoms with van der Waals surface area (Å²) in [6.07, 6.45) is 6.66. The third-order valence-electron chi connectivity index (χ3n) is 3.87. The van der Waals surface area contributed by atoms with Crippen LogP contribution in [0.5, 0.6) is 0 Å². The molecule has 1 fully saturated rings. The minimum absolute atomic E-state index is 0.160. The van der Waals surface area contributed by atoms with Crippen LogP contribution in [0.25, 0.3) is 0 Å². The molecule has 2 rings (SSSR count). The molecular formula is C16H25FN2. The molecule has 1 saturated carbocycles. The van der Waals surface area contributed by atoms with E-state index in [2.05, 4.69) is 17.3 Å². The lowest BCUT2D eigenvalue weighted by Gasteiger charge is -2.18. The second kappa shape index (κ2) is 7.61. The van der Waals surface area contributed by atoms with Gasteiger partial charge in [0.15, 0.2) is 0 Å². The fraction of sp³-hybridized carbons (Fsp3) is 0.625. The van der Waals surface area contributed by atoms with Crippen molar-refractivity contribution in [3.05, 3.63) is 35.6 Å². The molecule has 1 aromatic rings. The van der Waals surface area contributed by atoms with E-state index in [1.807, 2.05) is 12.1 Å². The minimum atomic E-state index is -0.160. The summed E-state index contributed by atoms with van der Waals surface area (Å²) in [7, 11) is 2.12. The van der Waals surface area contributed by atoms with Crippen molar-refractivity contribution in [3.8, 4) is 0 Å². The Labute approximate surface area is 116 Å². The Morgan fingerprint density at radius 1 is 1.21 bits per heavy atom. The Morgan fingerprint density at radius 2 is 1.89 bits per heavy atom. The van der Waals surface area contributed by atoms with Gasteiger partial charge in [0.05, 0.1) is 0 Å². The summed E-state index contributed by atoms with van der Waals surface area (Å²) in [5.74, 6) is -0.160. The molecule has 0 aliphatic heterocycles. The molecule has 0 saturated heterocycles. The van der Waals surface area contributed by atoms with Crippen molar-refractivity contribution in [2.45, 2.75) is 44.7 Å². The summed E-state index contributed by atoms with van der Waals surface area (Å²) >= 11 is 0. The maximum Gasteiger partial charge on any atom is 0.123 e. The molecule has 0 radical (unpaired) electrons. The SMILES string of the molecule is CN(CCCNC1CCCC1)Cc1ccc(F)cc1. The Kier molecular flexibility index (Phi) is 5.80. The van der Waals surface area contributed by atoms with Crippen molar-refractivity contribution in [3.63, 3.8) is 0 Å². The van der Waals surface area contributed by atoms with Crippen molar-refractivity contribution >= 4 is 0 Å². The highest BCUT2D eigenvalue weighted by Gasteiger charge is 2.13. The molecule has 0 bridgehead atoms. The number of rotatable bonds is 7. The van der Waals surface area contributed by atoms with Crippen LogP contribution in [-0.2, 0) is 6.54 Å². The van der Waals surface area contributed by atoms with Gasteiger partial charge in [-0.25, -0.2) is 4.39 Å². The van der Waals surface area contributed by atoms with Crippen LogP contribution in [0.3, 0.4) is 0 Å². The molecule has 1 aromatic carbocycles. The Morgan fingerprint density at radius 3 is 2.58 bits per heavy atom. The zero-order chi connectivity index (χ0) is 13.5. The Balaban J connectivity index is 1.58. The predicted octanol–water partition coefficient (Wildman–Crippen LogP) is 3.18. The van der Waals surface area contributed by atoms with E-state index in [1.165, 1.54) is 49.8 Å². The van der Waals surface area contributed by atoms with Gasteiger partial charge in [0, 0.05) is 12.6 Å². The summed E-state index contributed by atoms with van der Waals surface area (Å²) in [6, 6.07) is 7.56. The van der Waals surface area contributed by atoms with Gasteiger partial charge in [-0.3, -0.25) is 0 Å². The average Bonchev–Trinajstić information content (AvgIpc) is 2.91. The summed E-state index contributed by atoms with van der Waals surface area (Å²) in [4.78, 5) is 2.30. The van der Waals surface area contributed by atoms with Gasteiger partial charge in [0.1, 0.15) is 5.82 Å². The monoisotopic (exact) mass is 264 g/mol. The van der Waals surface area contributed by atoms with E-state index in [0.29, 0.717) is 0 Å². The number of nitrogens with one attached hydrogen (secondary N) is 1. The fourth-order valence-corrected chi connectivity index (χ4v) is 2.77. The van der Waals surface area contributed by atoms with Crippen LogP contribution in [0.15, 0.2) is 24.3 Å². The first-order valence-electron chi connectivity index (χ1n) is 7.40. The lowest BCUT2D eigenvalue weighted by Crippen LogP contribution is -2.29. The van der Waals surface area contributed by atoms with Crippen molar-refractivity contribution in [2.75, 3.05) is 20.1 Å². The van der Waals surface area contributed by atoms with Crippen molar-refractivity contribution in [1.29, 1.82) is 0 Å². The van der Waals surface area contributed by atoms with Crippen molar-refractivity contribution in [1.82, 2.24) is 10.2 Å². The smallest absolute Gasteiger partial charge is 0.123 e. The van der Waals surface area contributed by atoms with E-state index in [9.17, 15) is 4.39 Å². The van der Waals surface area contributed by atoms with Gasteiger partial charge in [-0.15, -0.1) is 0 Å². The highest BCUT2D eigenvalue weighted by Crippen LogP contribution is 2.17. The second-order valence-corrected chi connectivity index (χ2v) is 5.65. The highest BCUT2D eigenvalue weighted by atomic mass is 19.1. The molecule has 1 N–H and O–H groups in total. The minimum Gasteiger partial charge on any atom is -0.314 e. The molecule has 3 heteroatoms. The van der Waals surface area contributed by atoms with E-state index in [-0.39, 0.29) is 5.82 Å². The first-order valence-corrected chi connectivity index (χ1v) is 7.40. The lowest BCUT2D eigenvalue weighted by atomic mass is 10.2. The zero-order valence-electron chi connectivity index (χ0n) is 11.9. The number of nitrogens with zero attached hydrogens (tertiary/aromatic N) is 1. The maximum atomic E-state index is 12.8. The molecule has 1 aliphatic rings. The van der Waals surface area contributed by atoms with Gasteiger partial charge >= 0.3 is 0 Å². The van der Waals surface area contributed by atoms with E-state index in [1.54, 1.807) is 0 Å². The Bertz CT molecular complexity index is 358. The van der Waals surface area contributed by atoms with E-state index >= 15 is 0 Å². The van der Waals surface area contributed by atoms with E-state index in [4.69, 9.17) is 0 Å². The Hall–Kier alpha value is -0.930. The number of hydrogen-bond acceptors (Lipinski definition) is 2. The number of hydrogen-bond donors (Lipinski definition) is 1. The predicted molar refractivity (Wildman–Crippen MR) is 77.6 cm³/mol. The van der Waals surface area contributed by atoms with E-state index < -0.39 is 0 Å². The van der Waals surface area contributed by atoms with Crippen LogP contribution in [-0.4, -0.2) is 31.1 Å². The largest absolute Gasteiger partial charge is 0.314 e. The topological polar surface area (TPSA) is 15.3 Å². The van der Waals surface area contributed by atoms with Gasteiger partial charge in [0.25, 0.3) is 0 Å². The number of halogens is 1. The average molecular weight is 264 g/mol. The molecule has 0 heterocycles. The summed E-state index contributed by atoms with van der Waals surface area (Å²) in [6.45, 7) is 3.08. The quantitative estimate of drug-likeness (QED) is 0.761. The molecule has 0 aromatic heterocycles.